The zero-order valence-corrected chi connectivity index (χ0v) is 10.4. The van der Waals surface area contributed by atoms with Crippen molar-refractivity contribution >= 4 is 11.9 Å². The normalized spacial score (nSPS) is 14.1. The number of methoxy groups -OCH3 is 1. The first-order valence-corrected chi connectivity index (χ1v) is 5.77. The molecule has 17 heavy (non-hydrogen) atoms. The first-order chi connectivity index (χ1) is 8.01. The molecule has 0 radical (unpaired) electrons. The Morgan fingerprint density at radius 1 is 1.41 bits per heavy atom. The number of carboxylic acids is 1. The van der Waals surface area contributed by atoms with Crippen LogP contribution >= 0.6 is 0 Å². The van der Waals surface area contributed by atoms with Gasteiger partial charge in [-0.1, -0.05) is 13.3 Å². The monoisotopic (exact) mass is 246 g/mol. The average Bonchev–Trinajstić information content (AvgIpc) is 2.25. The molecule has 0 saturated heterocycles. The second kappa shape index (κ2) is 8.95. The molecule has 100 valence electrons. The average molecular weight is 246 g/mol. The summed E-state index contributed by atoms with van der Waals surface area (Å²) in [6, 6.07) is -0.998. The van der Waals surface area contributed by atoms with Gasteiger partial charge in [0.1, 0.15) is 0 Å². The standard InChI is InChI=1S/C11H22N2O4/c1-3-4-8(7-10(14)15)13-11(16)9(12)5-6-17-2/h8-9H,3-7,12H2,1-2H3,(H,13,16)(H,14,15). The summed E-state index contributed by atoms with van der Waals surface area (Å²) in [6.45, 7) is 2.35. The summed E-state index contributed by atoms with van der Waals surface area (Å²) < 4.78 is 4.83. The number of aliphatic carboxylic acids is 1. The van der Waals surface area contributed by atoms with E-state index in [1.165, 1.54) is 7.11 Å². The highest BCUT2D eigenvalue weighted by atomic mass is 16.5. The van der Waals surface area contributed by atoms with Crippen LogP contribution in [-0.4, -0.2) is 42.8 Å². The molecule has 6 nitrogen and oxygen atoms in total. The fourth-order valence-corrected chi connectivity index (χ4v) is 1.47. The van der Waals surface area contributed by atoms with Gasteiger partial charge in [0.25, 0.3) is 0 Å². The maximum Gasteiger partial charge on any atom is 0.305 e. The molecule has 0 heterocycles. The van der Waals surface area contributed by atoms with Crippen molar-refractivity contribution in [2.45, 2.75) is 44.7 Å². The molecule has 0 aliphatic carbocycles. The molecule has 0 aliphatic heterocycles. The van der Waals surface area contributed by atoms with Crippen molar-refractivity contribution in [3.05, 3.63) is 0 Å². The van der Waals surface area contributed by atoms with Gasteiger partial charge < -0.3 is 20.9 Å². The Balaban J connectivity index is 4.13. The number of rotatable bonds is 9. The van der Waals surface area contributed by atoms with Crippen LogP contribution in [0.2, 0.25) is 0 Å². The van der Waals surface area contributed by atoms with Gasteiger partial charge in [-0.2, -0.15) is 0 Å². The lowest BCUT2D eigenvalue weighted by atomic mass is 10.1. The van der Waals surface area contributed by atoms with Crippen molar-refractivity contribution < 1.29 is 19.4 Å². The van der Waals surface area contributed by atoms with Crippen LogP contribution in [0, 0.1) is 0 Å². The van der Waals surface area contributed by atoms with E-state index in [0.29, 0.717) is 19.4 Å². The van der Waals surface area contributed by atoms with E-state index in [0.717, 1.165) is 6.42 Å². The minimum Gasteiger partial charge on any atom is -0.481 e. The van der Waals surface area contributed by atoms with Crippen LogP contribution in [0.25, 0.3) is 0 Å². The van der Waals surface area contributed by atoms with Crippen molar-refractivity contribution in [2.75, 3.05) is 13.7 Å². The molecule has 0 rings (SSSR count). The summed E-state index contributed by atoms with van der Waals surface area (Å²) >= 11 is 0. The van der Waals surface area contributed by atoms with Gasteiger partial charge in [-0.15, -0.1) is 0 Å². The van der Waals surface area contributed by atoms with Gasteiger partial charge in [-0.25, -0.2) is 0 Å². The van der Waals surface area contributed by atoms with Crippen LogP contribution in [0.15, 0.2) is 0 Å². The number of carboxylic acid groups (broad SMARTS) is 1. The third-order valence-corrected chi connectivity index (χ3v) is 2.37. The highest BCUT2D eigenvalue weighted by Crippen LogP contribution is 2.03. The zero-order valence-electron chi connectivity index (χ0n) is 10.4. The van der Waals surface area contributed by atoms with E-state index in [2.05, 4.69) is 5.32 Å². The van der Waals surface area contributed by atoms with Gasteiger partial charge >= 0.3 is 5.97 Å². The minimum atomic E-state index is -0.922. The summed E-state index contributed by atoms with van der Waals surface area (Å²) in [6.07, 6.45) is 1.80. The number of ether oxygens (including phenoxy) is 1. The second-order valence-electron chi connectivity index (χ2n) is 3.98. The molecular formula is C11H22N2O4. The topological polar surface area (TPSA) is 102 Å². The van der Waals surface area contributed by atoms with E-state index in [9.17, 15) is 9.59 Å². The van der Waals surface area contributed by atoms with E-state index in [-0.39, 0.29) is 18.4 Å². The van der Waals surface area contributed by atoms with Crippen LogP contribution in [0.4, 0.5) is 0 Å². The number of carbonyl (C=O) groups is 2. The first-order valence-electron chi connectivity index (χ1n) is 5.77. The van der Waals surface area contributed by atoms with Gasteiger partial charge in [-0.3, -0.25) is 9.59 Å². The van der Waals surface area contributed by atoms with Crippen molar-refractivity contribution in [2.24, 2.45) is 5.73 Å². The highest BCUT2D eigenvalue weighted by Gasteiger charge is 2.19. The second-order valence-corrected chi connectivity index (χ2v) is 3.98. The molecule has 2 unspecified atom stereocenters. The Labute approximate surface area is 102 Å². The number of amides is 1. The van der Waals surface area contributed by atoms with Crippen LogP contribution < -0.4 is 11.1 Å². The summed E-state index contributed by atoms with van der Waals surface area (Å²) in [5.41, 5.74) is 5.64. The molecule has 0 spiro atoms. The molecule has 0 aliphatic rings. The Morgan fingerprint density at radius 3 is 2.53 bits per heavy atom. The first kappa shape index (κ1) is 15.9. The molecule has 1 amide bonds. The fourth-order valence-electron chi connectivity index (χ4n) is 1.47. The van der Waals surface area contributed by atoms with E-state index in [4.69, 9.17) is 15.6 Å². The molecule has 0 aromatic rings. The number of hydrogen-bond donors (Lipinski definition) is 3. The zero-order chi connectivity index (χ0) is 13.3. The lowest BCUT2D eigenvalue weighted by Crippen LogP contribution is -2.46. The lowest BCUT2D eigenvalue weighted by molar-refractivity contribution is -0.137. The van der Waals surface area contributed by atoms with E-state index in [1.54, 1.807) is 0 Å². The fraction of sp³-hybridized carbons (Fsp3) is 0.818. The third-order valence-electron chi connectivity index (χ3n) is 2.37. The molecule has 0 bridgehead atoms. The van der Waals surface area contributed by atoms with Crippen molar-refractivity contribution in [1.29, 1.82) is 0 Å². The Bertz CT molecular complexity index is 246. The van der Waals surface area contributed by atoms with Gasteiger partial charge in [0.15, 0.2) is 0 Å². The molecule has 6 heteroatoms. The maximum absolute atomic E-state index is 11.6. The number of carbonyl (C=O) groups excluding carboxylic acids is 1. The quantitative estimate of drug-likeness (QED) is 0.536. The van der Waals surface area contributed by atoms with Gasteiger partial charge in [0, 0.05) is 19.8 Å². The molecule has 4 N–H and O–H groups in total. The summed E-state index contributed by atoms with van der Waals surface area (Å²) in [4.78, 5) is 22.2. The molecule has 0 saturated carbocycles. The molecule has 0 fully saturated rings. The van der Waals surface area contributed by atoms with E-state index in [1.807, 2.05) is 6.92 Å². The Morgan fingerprint density at radius 2 is 2.06 bits per heavy atom. The predicted molar refractivity (Wildman–Crippen MR) is 63.6 cm³/mol. The number of hydrogen-bond acceptors (Lipinski definition) is 4. The molecule has 0 aromatic heterocycles. The number of nitrogens with two attached hydrogens (primary N) is 1. The Hall–Kier alpha value is -1.14. The summed E-state index contributed by atoms with van der Waals surface area (Å²) in [5, 5.41) is 11.4. The van der Waals surface area contributed by atoms with Gasteiger partial charge in [0.2, 0.25) is 5.91 Å². The Kier molecular flexibility index (Phi) is 8.35. The van der Waals surface area contributed by atoms with Crippen LogP contribution in [0.5, 0.6) is 0 Å². The minimum absolute atomic E-state index is 0.0728. The third kappa shape index (κ3) is 7.70. The summed E-state index contributed by atoms with van der Waals surface area (Å²) in [7, 11) is 1.54. The van der Waals surface area contributed by atoms with Crippen molar-refractivity contribution in [1.82, 2.24) is 5.32 Å². The molecule has 0 aromatic carbocycles. The predicted octanol–water partition coefficient (Wildman–Crippen LogP) is 0.110. The van der Waals surface area contributed by atoms with Crippen LogP contribution in [0.3, 0.4) is 0 Å². The van der Waals surface area contributed by atoms with Crippen LogP contribution in [0.1, 0.15) is 32.6 Å². The lowest BCUT2D eigenvalue weighted by Gasteiger charge is -2.19. The summed E-state index contributed by atoms with van der Waals surface area (Å²) in [5.74, 6) is -1.24. The SMILES string of the molecule is CCCC(CC(=O)O)NC(=O)C(N)CCOC. The highest BCUT2D eigenvalue weighted by molar-refractivity contribution is 5.82. The molecular weight excluding hydrogens is 224 g/mol. The van der Waals surface area contributed by atoms with E-state index < -0.39 is 12.0 Å². The van der Waals surface area contributed by atoms with Gasteiger partial charge in [0.05, 0.1) is 12.5 Å². The maximum atomic E-state index is 11.6. The smallest absolute Gasteiger partial charge is 0.305 e. The molecule has 2 atom stereocenters. The van der Waals surface area contributed by atoms with E-state index >= 15 is 0 Å². The number of nitrogens with one attached hydrogen (secondary N) is 1. The van der Waals surface area contributed by atoms with Crippen molar-refractivity contribution in [3.8, 4) is 0 Å². The van der Waals surface area contributed by atoms with Gasteiger partial charge in [-0.05, 0) is 12.8 Å². The van der Waals surface area contributed by atoms with Crippen molar-refractivity contribution in [3.63, 3.8) is 0 Å². The van der Waals surface area contributed by atoms with Crippen LogP contribution in [-0.2, 0) is 14.3 Å². The largest absolute Gasteiger partial charge is 0.481 e.